The predicted molar refractivity (Wildman–Crippen MR) is 126 cm³/mol. The van der Waals surface area contributed by atoms with Crippen molar-refractivity contribution in [1.82, 2.24) is 9.55 Å². The Morgan fingerprint density at radius 3 is 2.24 bits per heavy atom. The Morgan fingerprint density at radius 1 is 0.939 bits per heavy atom. The largest absolute Gasteiger partial charge is 0.497 e. The molecule has 0 bridgehead atoms. The summed E-state index contributed by atoms with van der Waals surface area (Å²) in [6.07, 6.45) is 0.148. The molecule has 0 unspecified atom stereocenters. The van der Waals surface area contributed by atoms with Gasteiger partial charge < -0.3 is 19.8 Å². The average molecular weight is 445 g/mol. The maximum Gasteiger partial charge on any atom is 0.329 e. The van der Waals surface area contributed by atoms with E-state index in [9.17, 15) is 14.4 Å². The fourth-order valence-electron chi connectivity index (χ4n) is 3.70. The Bertz CT molecular complexity index is 1390. The smallest absolute Gasteiger partial charge is 0.329 e. The fraction of sp³-hybridized carbons (Fsp3) is 0.160. The molecule has 8 nitrogen and oxygen atoms in total. The summed E-state index contributed by atoms with van der Waals surface area (Å²) in [5.74, 6) is 0.465. The van der Waals surface area contributed by atoms with Gasteiger partial charge in [-0.15, -0.1) is 0 Å². The number of benzene rings is 3. The van der Waals surface area contributed by atoms with E-state index in [0.717, 1.165) is 10.1 Å². The fourth-order valence-corrected chi connectivity index (χ4v) is 3.70. The van der Waals surface area contributed by atoms with Gasteiger partial charge in [-0.1, -0.05) is 42.5 Å². The number of hydrogen-bond acceptors (Lipinski definition) is 5. The second-order valence-electron chi connectivity index (χ2n) is 7.45. The van der Waals surface area contributed by atoms with Gasteiger partial charge in [0.15, 0.2) is 0 Å². The van der Waals surface area contributed by atoms with Crippen LogP contribution in [0.5, 0.6) is 11.5 Å². The van der Waals surface area contributed by atoms with Gasteiger partial charge in [0.2, 0.25) is 5.91 Å². The van der Waals surface area contributed by atoms with Gasteiger partial charge in [-0.05, 0) is 17.7 Å². The zero-order valence-corrected chi connectivity index (χ0v) is 18.2. The first-order chi connectivity index (χ1) is 16.0. The van der Waals surface area contributed by atoms with Gasteiger partial charge in [0.25, 0.3) is 5.56 Å². The summed E-state index contributed by atoms with van der Waals surface area (Å²) in [4.78, 5) is 42.4. The summed E-state index contributed by atoms with van der Waals surface area (Å²) in [5, 5.41) is 3.13. The normalized spacial score (nSPS) is 11.7. The monoisotopic (exact) mass is 445 g/mol. The highest BCUT2D eigenvalue weighted by Crippen LogP contribution is 2.26. The van der Waals surface area contributed by atoms with Gasteiger partial charge in [-0.2, -0.15) is 0 Å². The molecule has 8 heteroatoms. The zero-order valence-electron chi connectivity index (χ0n) is 18.2. The SMILES string of the molecule is COc1cc(NC(=O)[C@H](Cc2ccccc2)n2c(=O)[nH]c3ccccc3c2=O)cc(OC)c1. The number of rotatable bonds is 7. The van der Waals surface area contributed by atoms with Crippen LogP contribution in [-0.2, 0) is 11.2 Å². The molecule has 0 fully saturated rings. The number of para-hydroxylation sites is 1. The first-order valence-electron chi connectivity index (χ1n) is 10.3. The molecule has 2 N–H and O–H groups in total. The van der Waals surface area contributed by atoms with Gasteiger partial charge >= 0.3 is 5.69 Å². The molecule has 0 aliphatic heterocycles. The number of carbonyl (C=O) groups excluding carboxylic acids is 1. The van der Waals surface area contributed by atoms with Crippen molar-refractivity contribution in [3.05, 3.63) is 99.2 Å². The molecule has 0 aliphatic rings. The molecule has 4 aromatic rings. The van der Waals surface area contributed by atoms with Crippen molar-refractivity contribution in [1.29, 1.82) is 0 Å². The van der Waals surface area contributed by atoms with E-state index < -0.39 is 23.2 Å². The number of carbonyl (C=O) groups is 1. The molecule has 0 aliphatic carbocycles. The van der Waals surface area contributed by atoms with Crippen molar-refractivity contribution >= 4 is 22.5 Å². The molecule has 0 saturated heterocycles. The first kappa shape index (κ1) is 21.9. The Hall–Kier alpha value is -4.33. The summed E-state index contributed by atoms with van der Waals surface area (Å²) in [6.45, 7) is 0. The van der Waals surface area contributed by atoms with Crippen LogP contribution in [-0.4, -0.2) is 29.7 Å². The molecule has 3 aromatic carbocycles. The summed E-state index contributed by atoms with van der Waals surface area (Å²) < 4.78 is 11.5. The molecule has 1 aromatic heterocycles. The minimum Gasteiger partial charge on any atom is -0.497 e. The predicted octanol–water partition coefficient (Wildman–Crippen LogP) is 3.13. The molecule has 1 amide bonds. The average Bonchev–Trinajstić information content (AvgIpc) is 2.83. The number of hydrogen-bond donors (Lipinski definition) is 2. The third-order valence-electron chi connectivity index (χ3n) is 5.34. The Labute approximate surface area is 189 Å². The first-order valence-corrected chi connectivity index (χ1v) is 10.3. The van der Waals surface area contributed by atoms with E-state index >= 15 is 0 Å². The molecule has 168 valence electrons. The highest BCUT2D eigenvalue weighted by molar-refractivity contribution is 5.94. The molecule has 33 heavy (non-hydrogen) atoms. The number of nitrogens with one attached hydrogen (secondary N) is 2. The summed E-state index contributed by atoms with van der Waals surface area (Å²) in [5.41, 5.74) is 0.451. The highest BCUT2D eigenvalue weighted by atomic mass is 16.5. The number of methoxy groups -OCH3 is 2. The number of aromatic amines is 1. The van der Waals surface area contributed by atoms with E-state index in [-0.39, 0.29) is 6.42 Å². The molecular formula is C25H23N3O5. The topological polar surface area (TPSA) is 102 Å². The van der Waals surface area contributed by atoms with Crippen molar-refractivity contribution in [2.45, 2.75) is 12.5 Å². The maximum absolute atomic E-state index is 13.5. The van der Waals surface area contributed by atoms with Crippen LogP contribution in [0.15, 0.2) is 82.4 Å². The van der Waals surface area contributed by atoms with Crippen molar-refractivity contribution in [3.8, 4) is 11.5 Å². The number of nitrogens with zero attached hydrogens (tertiary/aromatic N) is 1. The lowest BCUT2D eigenvalue weighted by Gasteiger charge is -2.20. The van der Waals surface area contributed by atoms with Crippen molar-refractivity contribution in [2.75, 3.05) is 19.5 Å². The molecular weight excluding hydrogens is 422 g/mol. The number of aromatic nitrogens is 2. The number of fused-ring (bicyclic) bond motifs is 1. The third kappa shape index (κ3) is 4.64. The Kier molecular flexibility index (Phi) is 6.26. The van der Waals surface area contributed by atoms with E-state index in [1.165, 1.54) is 14.2 Å². The summed E-state index contributed by atoms with van der Waals surface area (Å²) >= 11 is 0. The van der Waals surface area contributed by atoms with Crippen molar-refractivity contribution in [3.63, 3.8) is 0 Å². The quantitative estimate of drug-likeness (QED) is 0.455. The second-order valence-corrected chi connectivity index (χ2v) is 7.45. The Balaban J connectivity index is 1.80. The maximum atomic E-state index is 13.5. The lowest BCUT2D eigenvalue weighted by molar-refractivity contribution is -0.119. The lowest BCUT2D eigenvalue weighted by Crippen LogP contribution is -2.43. The van der Waals surface area contributed by atoms with Crippen LogP contribution in [0.2, 0.25) is 0 Å². The highest BCUT2D eigenvalue weighted by Gasteiger charge is 2.26. The second kappa shape index (κ2) is 9.44. The van der Waals surface area contributed by atoms with Gasteiger partial charge in [0.1, 0.15) is 17.5 Å². The minimum absolute atomic E-state index is 0.148. The van der Waals surface area contributed by atoms with Crippen LogP contribution in [0.1, 0.15) is 11.6 Å². The molecule has 0 saturated carbocycles. The number of anilines is 1. The van der Waals surface area contributed by atoms with Gasteiger partial charge in [-0.25, -0.2) is 9.36 Å². The van der Waals surface area contributed by atoms with Crippen LogP contribution in [0.3, 0.4) is 0 Å². The van der Waals surface area contributed by atoms with E-state index in [0.29, 0.717) is 28.1 Å². The van der Waals surface area contributed by atoms with E-state index in [4.69, 9.17) is 9.47 Å². The van der Waals surface area contributed by atoms with E-state index in [1.807, 2.05) is 30.3 Å². The van der Waals surface area contributed by atoms with Crippen LogP contribution in [0.4, 0.5) is 5.69 Å². The van der Waals surface area contributed by atoms with Gasteiger partial charge in [0, 0.05) is 30.3 Å². The van der Waals surface area contributed by atoms with Crippen molar-refractivity contribution in [2.24, 2.45) is 0 Å². The number of amides is 1. The number of ether oxygens (including phenoxy) is 2. The lowest BCUT2D eigenvalue weighted by atomic mass is 10.0. The van der Waals surface area contributed by atoms with Gasteiger partial charge in [-0.3, -0.25) is 9.59 Å². The molecule has 1 heterocycles. The van der Waals surface area contributed by atoms with Crippen LogP contribution in [0.25, 0.3) is 10.9 Å². The number of H-pyrrole nitrogens is 1. The van der Waals surface area contributed by atoms with Crippen LogP contribution >= 0.6 is 0 Å². The van der Waals surface area contributed by atoms with Crippen LogP contribution < -0.4 is 26.0 Å². The third-order valence-corrected chi connectivity index (χ3v) is 5.34. The standard InChI is InChI=1S/C25H23N3O5/c1-32-18-13-17(14-19(15-18)33-2)26-23(29)22(12-16-8-4-3-5-9-16)28-24(30)20-10-6-7-11-21(20)27-25(28)31/h3-11,13-15,22H,12H2,1-2H3,(H,26,29)(H,27,31)/t22-/m0/s1. The van der Waals surface area contributed by atoms with Crippen molar-refractivity contribution < 1.29 is 14.3 Å². The van der Waals surface area contributed by atoms with Crippen LogP contribution in [0, 0.1) is 0 Å². The summed E-state index contributed by atoms with van der Waals surface area (Å²) in [7, 11) is 3.01. The molecule has 1 atom stereocenters. The van der Waals surface area contributed by atoms with E-state index in [1.54, 1.807) is 42.5 Å². The van der Waals surface area contributed by atoms with Gasteiger partial charge in [0.05, 0.1) is 25.1 Å². The van der Waals surface area contributed by atoms with E-state index in [2.05, 4.69) is 10.3 Å². The summed E-state index contributed by atoms with van der Waals surface area (Å²) in [6, 6.07) is 19.8. The molecule has 4 rings (SSSR count). The zero-order chi connectivity index (χ0) is 23.4. The Morgan fingerprint density at radius 2 is 1.58 bits per heavy atom. The molecule has 0 spiro atoms. The molecule has 0 radical (unpaired) electrons. The minimum atomic E-state index is -1.09.